The molecule has 0 spiro atoms. The maximum atomic E-state index is 12.5. The zero-order valence-electron chi connectivity index (χ0n) is 15.7. The van der Waals surface area contributed by atoms with Crippen molar-refractivity contribution in [2.45, 2.75) is 19.9 Å². The third-order valence-corrected chi connectivity index (χ3v) is 5.67. The number of fused-ring (bicyclic) bond motifs is 1. The van der Waals surface area contributed by atoms with E-state index in [0.29, 0.717) is 47.0 Å². The largest absolute Gasteiger partial charge is 0.486 e. The van der Waals surface area contributed by atoms with Gasteiger partial charge in [-0.3, -0.25) is 14.5 Å². The number of benzene rings is 1. The van der Waals surface area contributed by atoms with Gasteiger partial charge in [0.1, 0.15) is 13.2 Å². The van der Waals surface area contributed by atoms with E-state index in [-0.39, 0.29) is 12.3 Å². The van der Waals surface area contributed by atoms with Crippen LogP contribution in [0.25, 0.3) is 10.7 Å². The van der Waals surface area contributed by atoms with E-state index in [2.05, 4.69) is 27.1 Å². The van der Waals surface area contributed by atoms with Gasteiger partial charge in [0, 0.05) is 6.54 Å². The maximum Gasteiger partial charge on any atom is 0.230 e. The summed E-state index contributed by atoms with van der Waals surface area (Å²) in [4.78, 5) is 17.8. The van der Waals surface area contributed by atoms with Gasteiger partial charge >= 0.3 is 0 Å². The molecule has 0 saturated heterocycles. The van der Waals surface area contributed by atoms with Crippen LogP contribution in [0.4, 0.5) is 5.13 Å². The fourth-order valence-corrected chi connectivity index (χ4v) is 4.18. The third kappa shape index (κ3) is 4.08. The average molecular weight is 430 g/mol. The molecule has 3 heterocycles. The Balaban J connectivity index is 1.49. The molecule has 1 amide bonds. The van der Waals surface area contributed by atoms with Crippen LogP contribution in [0.3, 0.4) is 0 Å². The minimum Gasteiger partial charge on any atom is -0.486 e. The summed E-state index contributed by atoms with van der Waals surface area (Å²) in [5, 5.41) is 10.5. The Hall–Kier alpha value is -2.98. The molecule has 0 saturated carbocycles. The quantitative estimate of drug-likeness (QED) is 0.460. The Kier molecular flexibility index (Phi) is 5.45. The highest BCUT2D eigenvalue weighted by atomic mass is 32.1. The minimum atomic E-state index is -0.160. The van der Waals surface area contributed by atoms with Crippen molar-refractivity contribution < 1.29 is 14.3 Å². The third-order valence-electron chi connectivity index (χ3n) is 4.29. The number of aromatic nitrogens is 4. The normalized spacial score (nSPS) is 12.6. The monoisotopic (exact) mass is 429 g/mol. The number of hydrogen-bond acceptors (Lipinski definition) is 7. The number of aromatic amines is 1. The van der Waals surface area contributed by atoms with Gasteiger partial charge in [0.15, 0.2) is 27.2 Å². The zero-order chi connectivity index (χ0) is 20.4. The molecule has 0 unspecified atom stereocenters. The minimum absolute atomic E-state index is 0.160. The van der Waals surface area contributed by atoms with Crippen LogP contribution in [0.15, 0.2) is 30.9 Å². The number of carbonyl (C=O) groups is 1. The van der Waals surface area contributed by atoms with E-state index in [1.807, 2.05) is 29.7 Å². The second kappa shape index (κ2) is 8.18. The number of carbonyl (C=O) groups excluding carboxylic acids is 1. The highest BCUT2D eigenvalue weighted by molar-refractivity contribution is 7.71. The number of hydrogen-bond donors (Lipinski definition) is 2. The molecule has 29 heavy (non-hydrogen) atoms. The van der Waals surface area contributed by atoms with Crippen molar-refractivity contribution in [2.24, 2.45) is 0 Å². The first-order chi connectivity index (χ1) is 14.0. The van der Waals surface area contributed by atoms with E-state index in [1.54, 1.807) is 6.08 Å². The number of H-pyrrole nitrogens is 1. The molecule has 1 aliphatic heterocycles. The molecule has 150 valence electrons. The van der Waals surface area contributed by atoms with Crippen LogP contribution in [0.5, 0.6) is 11.5 Å². The lowest BCUT2D eigenvalue weighted by atomic mass is 10.1. The standard InChI is InChI=1S/C19H19N5O3S2/c1-3-6-24-17(22-23-19(24)28)16-11(2)20-18(29-16)21-15(25)10-12-4-5-13-14(9-12)27-8-7-26-13/h3-5,9H,1,6-8,10H2,2H3,(H,23,28)(H,20,21,25). The van der Waals surface area contributed by atoms with Gasteiger partial charge in [-0.15, -0.1) is 6.58 Å². The van der Waals surface area contributed by atoms with Crippen molar-refractivity contribution in [3.8, 4) is 22.2 Å². The first-order valence-electron chi connectivity index (χ1n) is 8.97. The van der Waals surface area contributed by atoms with Crippen LogP contribution in [0, 0.1) is 11.7 Å². The molecule has 0 aliphatic carbocycles. The number of nitrogens with zero attached hydrogens (tertiary/aromatic N) is 3. The lowest BCUT2D eigenvalue weighted by Gasteiger charge is -2.18. The van der Waals surface area contributed by atoms with Crippen molar-refractivity contribution in [3.63, 3.8) is 0 Å². The van der Waals surface area contributed by atoms with Crippen molar-refractivity contribution in [2.75, 3.05) is 18.5 Å². The van der Waals surface area contributed by atoms with Crippen LogP contribution in [-0.4, -0.2) is 38.9 Å². The van der Waals surface area contributed by atoms with E-state index in [0.717, 1.165) is 16.1 Å². The topological polar surface area (TPSA) is 94.1 Å². The molecule has 1 aliphatic rings. The lowest BCUT2D eigenvalue weighted by Crippen LogP contribution is -2.17. The molecule has 0 atom stereocenters. The molecular formula is C19H19N5O3S2. The van der Waals surface area contributed by atoms with Crippen molar-refractivity contribution >= 4 is 34.6 Å². The first kappa shape index (κ1) is 19.3. The van der Waals surface area contributed by atoms with Crippen molar-refractivity contribution in [1.29, 1.82) is 0 Å². The number of rotatable bonds is 6. The van der Waals surface area contributed by atoms with Gasteiger partial charge in [-0.25, -0.2) is 4.98 Å². The molecule has 0 bridgehead atoms. The summed E-state index contributed by atoms with van der Waals surface area (Å²) >= 11 is 6.62. The van der Waals surface area contributed by atoms with E-state index >= 15 is 0 Å². The summed E-state index contributed by atoms with van der Waals surface area (Å²) in [7, 11) is 0. The number of ether oxygens (including phenoxy) is 2. The summed E-state index contributed by atoms with van der Waals surface area (Å²) in [6.07, 6.45) is 1.96. The number of nitrogens with one attached hydrogen (secondary N) is 2. The highest BCUT2D eigenvalue weighted by Gasteiger charge is 2.18. The molecule has 4 rings (SSSR count). The van der Waals surface area contributed by atoms with Gasteiger partial charge in [-0.05, 0) is 36.8 Å². The molecule has 1 aromatic carbocycles. The Morgan fingerprint density at radius 2 is 2.21 bits per heavy atom. The number of allylic oxidation sites excluding steroid dienone is 1. The summed E-state index contributed by atoms with van der Waals surface area (Å²) in [5.41, 5.74) is 1.61. The summed E-state index contributed by atoms with van der Waals surface area (Å²) in [6, 6.07) is 5.52. The van der Waals surface area contributed by atoms with Crippen LogP contribution in [0.1, 0.15) is 11.3 Å². The van der Waals surface area contributed by atoms with Crippen LogP contribution in [-0.2, 0) is 17.8 Å². The summed E-state index contributed by atoms with van der Waals surface area (Å²) in [6.45, 7) is 7.20. The number of anilines is 1. The molecule has 10 heteroatoms. The average Bonchev–Trinajstić information content (AvgIpc) is 3.24. The van der Waals surface area contributed by atoms with Gasteiger partial charge in [0.05, 0.1) is 17.0 Å². The molecular weight excluding hydrogens is 410 g/mol. The Labute approximate surface area is 176 Å². The number of aryl methyl sites for hydroxylation is 1. The summed E-state index contributed by atoms with van der Waals surface area (Å²) < 4.78 is 13.4. The van der Waals surface area contributed by atoms with Crippen molar-refractivity contribution in [1.82, 2.24) is 19.7 Å². The fraction of sp³-hybridized carbons (Fsp3) is 0.263. The fourth-order valence-electron chi connectivity index (χ4n) is 2.99. The Bertz CT molecular complexity index is 1130. The van der Waals surface area contributed by atoms with Crippen molar-refractivity contribution in [3.05, 3.63) is 46.9 Å². The number of amides is 1. The molecule has 3 aromatic rings. The first-order valence-corrected chi connectivity index (χ1v) is 10.2. The molecule has 2 N–H and O–H groups in total. The van der Waals surface area contributed by atoms with Crippen LogP contribution >= 0.6 is 23.6 Å². The molecule has 0 fully saturated rings. The molecule has 8 nitrogen and oxygen atoms in total. The smallest absolute Gasteiger partial charge is 0.230 e. The maximum absolute atomic E-state index is 12.5. The van der Waals surface area contributed by atoms with Crippen LogP contribution in [0.2, 0.25) is 0 Å². The van der Waals surface area contributed by atoms with Gasteiger partial charge in [-0.1, -0.05) is 23.5 Å². The van der Waals surface area contributed by atoms with E-state index in [1.165, 1.54) is 11.3 Å². The Morgan fingerprint density at radius 1 is 1.41 bits per heavy atom. The lowest BCUT2D eigenvalue weighted by molar-refractivity contribution is -0.115. The van der Waals surface area contributed by atoms with E-state index in [4.69, 9.17) is 21.7 Å². The SMILES string of the molecule is C=CCn1c(-c2sc(NC(=O)Cc3ccc4c(c3)OCCO4)nc2C)n[nH]c1=S. The van der Waals surface area contributed by atoms with Gasteiger partial charge in [0.2, 0.25) is 5.91 Å². The second-order valence-electron chi connectivity index (χ2n) is 6.39. The Morgan fingerprint density at radius 3 is 3.00 bits per heavy atom. The van der Waals surface area contributed by atoms with E-state index < -0.39 is 0 Å². The van der Waals surface area contributed by atoms with E-state index in [9.17, 15) is 4.79 Å². The summed E-state index contributed by atoms with van der Waals surface area (Å²) in [5.74, 6) is 1.89. The van der Waals surface area contributed by atoms with Gasteiger partial charge in [0.25, 0.3) is 0 Å². The molecule has 2 aromatic heterocycles. The predicted octanol–water partition coefficient (Wildman–Crippen LogP) is 3.51. The van der Waals surface area contributed by atoms with Crippen LogP contribution < -0.4 is 14.8 Å². The number of thiazole rings is 1. The predicted molar refractivity (Wildman–Crippen MR) is 113 cm³/mol. The van der Waals surface area contributed by atoms with Gasteiger partial charge < -0.3 is 14.8 Å². The zero-order valence-corrected chi connectivity index (χ0v) is 17.4. The molecule has 0 radical (unpaired) electrons. The van der Waals surface area contributed by atoms with Gasteiger partial charge in [-0.2, -0.15) is 5.10 Å². The highest BCUT2D eigenvalue weighted by Crippen LogP contribution is 2.33. The second-order valence-corrected chi connectivity index (χ2v) is 7.77.